The van der Waals surface area contributed by atoms with Gasteiger partial charge in [-0.1, -0.05) is 20.8 Å². The number of rotatable bonds is 7. The second kappa shape index (κ2) is 5.54. The van der Waals surface area contributed by atoms with Gasteiger partial charge in [-0.15, -0.1) is 0 Å². The van der Waals surface area contributed by atoms with E-state index in [4.69, 9.17) is 15.6 Å². The van der Waals surface area contributed by atoms with Gasteiger partial charge in [0.1, 0.15) is 5.54 Å². The fourth-order valence-corrected chi connectivity index (χ4v) is 4.31. The van der Waals surface area contributed by atoms with E-state index in [1.165, 1.54) is 19.3 Å². The molecule has 2 saturated carbocycles. The molecular weight excluding hydrogens is 266 g/mol. The zero-order valence-corrected chi connectivity index (χ0v) is 13.9. The number of ether oxygens (including phenoxy) is 1. The van der Waals surface area contributed by atoms with Crippen LogP contribution >= 0.6 is 0 Å². The monoisotopic (exact) mass is 297 g/mol. The van der Waals surface area contributed by atoms with Crippen LogP contribution in [0.1, 0.15) is 66.2 Å². The van der Waals surface area contributed by atoms with Crippen LogP contribution in [-0.2, 0) is 9.53 Å². The maximum atomic E-state index is 10.9. The molecule has 2 fully saturated rings. The van der Waals surface area contributed by atoms with Crippen molar-refractivity contribution in [2.24, 2.45) is 22.5 Å². The van der Waals surface area contributed by atoms with Crippen LogP contribution in [0.5, 0.6) is 0 Å². The van der Waals surface area contributed by atoms with Crippen molar-refractivity contribution in [2.75, 3.05) is 6.61 Å². The molecule has 0 saturated heterocycles. The molecule has 0 aromatic rings. The molecule has 0 aromatic heterocycles. The molecule has 4 atom stereocenters. The third-order valence-corrected chi connectivity index (χ3v) is 6.61. The number of carboxylic acids is 1. The van der Waals surface area contributed by atoms with E-state index in [1.807, 2.05) is 0 Å². The SMILES string of the molecule is CC(N)(CCCCOC1CC2CCC1(C)C2(C)C)C(=O)O. The summed E-state index contributed by atoms with van der Waals surface area (Å²) in [6, 6.07) is 0. The molecule has 0 heterocycles. The van der Waals surface area contributed by atoms with Crippen molar-refractivity contribution in [3.05, 3.63) is 0 Å². The Morgan fingerprint density at radius 2 is 2.05 bits per heavy atom. The average Bonchev–Trinajstić information content (AvgIpc) is 2.71. The van der Waals surface area contributed by atoms with Crippen molar-refractivity contribution in [1.29, 1.82) is 0 Å². The van der Waals surface area contributed by atoms with Gasteiger partial charge >= 0.3 is 5.97 Å². The average molecular weight is 297 g/mol. The predicted octanol–water partition coefficient (Wildman–Crippen LogP) is 3.19. The summed E-state index contributed by atoms with van der Waals surface area (Å²) < 4.78 is 6.16. The summed E-state index contributed by atoms with van der Waals surface area (Å²) in [6.07, 6.45) is 6.36. The number of hydrogen-bond donors (Lipinski definition) is 2. The Morgan fingerprint density at radius 1 is 1.38 bits per heavy atom. The van der Waals surface area contributed by atoms with E-state index in [1.54, 1.807) is 6.92 Å². The van der Waals surface area contributed by atoms with E-state index in [9.17, 15) is 4.79 Å². The number of carbonyl (C=O) groups is 1. The molecule has 0 radical (unpaired) electrons. The molecule has 21 heavy (non-hydrogen) atoms. The minimum atomic E-state index is -1.11. The normalized spacial score (nSPS) is 36.6. The number of carboxylic acid groups (broad SMARTS) is 1. The second-order valence-corrected chi connectivity index (χ2v) is 8.15. The smallest absolute Gasteiger partial charge is 0.323 e. The summed E-state index contributed by atoms with van der Waals surface area (Å²) in [5.41, 5.74) is 5.31. The Balaban J connectivity index is 1.73. The maximum absolute atomic E-state index is 10.9. The number of nitrogens with two attached hydrogens (primary N) is 1. The van der Waals surface area contributed by atoms with Crippen molar-refractivity contribution in [3.63, 3.8) is 0 Å². The molecule has 2 rings (SSSR count). The van der Waals surface area contributed by atoms with Gasteiger partial charge in [0.15, 0.2) is 0 Å². The van der Waals surface area contributed by atoms with E-state index in [2.05, 4.69) is 20.8 Å². The summed E-state index contributed by atoms with van der Waals surface area (Å²) in [4.78, 5) is 10.9. The zero-order chi connectivity index (χ0) is 15.9. The Hall–Kier alpha value is -0.610. The Kier molecular flexibility index (Phi) is 4.42. The Bertz CT molecular complexity index is 405. The van der Waals surface area contributed by atoms with Gasteiger partial charge in [-0.3, -0.25) is 4.79 Å². The van der Waals surface area contributed by atoms with Gasteiger partial charge in [0.05, 0.1) is 6.10 Å². The van der Waals surface area contributed by atoms with Gasteiger partial charge in [0, 0.05) is 6.61 Å². The molecule has 4 unspecified atom stereocenters. The third-order valence-electron chi connectivity index (χ3n) is 6.61. The molecule has 0 spiro atoms. The fraction of sp³-hybridized carbons (Fsp3) is 0.941. The van der Waals surface area contributed by atoms with Crippen molar-refractivity contribution in [1.82, 2.24) is 0 Å². The predicted molar refractivity (Wildman–Crippen MR) is 83.0 cm³/mol. The van der Waals surface area contributed by atoms with Gasteiger partial charge in [0.25, 0.3) is 0 Å². The van der Waals surface area contributed by atoms with Gasteiger partial charge in [-0.2, -0.15) is 0 Å². The number of fused-ring (bicyclic) bond motifs is 2. The molecule has 2 aliphatic carbocycles. The minimum Gasteiger partial charge on any atom is -0.480 e. The summed E-state index contributed by atoms with van der Waals surface area (Å²) in [5.74, 6) is -0.127. The van der Waals surface area contributed by atoms with Crippen molar-refractivity contribution in [2.45, 2.75) is 77.9 Å². The highest BCUT2D eigenvalue weighted by atomic mass is 16.5. The highest BCUT2D eigenvalue weighted by Gasteiger charge is 2.61. The lowest BCUT2D eigenvalue weighted by Gasteiger charge is -2.39. The van der Waals surface area contributed by atoms with Gasteiger partial charge < -0.3 is 15.6 Å². The van der Waals surface area contributed by atoms with Crippen molar-refractivity contribution < 1.29 is 14.6 Å². The van der Waals surface area contributed by atoms with Crippen LogP contribution in [0, 0.1) is 16.7 Å². The van der Waals surface area contributed by atoms with Crippen LogP contribution in [0.3, 0.4) is 0 Å². The highest BCUT2D eigenvalue weighted by Crippen LogP contribution is 2.66. The van der Waals surface area contributed by atoms with Crippen LogP contribution in [-0.4, -0.2) is 29.3 Å². The lowest BCUT2D eigenvalue weighted by Crippen LogP contribution is -2.44. The topological polar surface area (TPSA) is 72.5 Å². The molecule has 2 bridgehead atoms. The van der Waals surface area contributed by atoms with Crippen LogP contribution in [0.25, 0.3) is 0 Å². The molecule has 4 nitrogen and oxygen atoms in total. The quantitative estimate of drug-likeness (QED) is 0.708. The molecule has 4 heteroatoms. The number of unbranched alkanes of at least 4 members (excludes halogenated alkanes) is 1. The largest absolute Gasteiger partial charge is 0.480 e. The highest BCUT2D eigenvalue weighted by molar-refractivity contribution is 5.77. The molecule has 2 aliphatic rings. The second-order valence-electron chi connectivity index (χ2n) is 8.15. The molecule has 3 N–H and O–H groups in total. The molecule has 0 aromatic carbocycles. The first kappa shape index (κ1) is 16.8. The Labute approximate surface area is 128 Å². The van der Waals surface area contributed by atoms with Crippen LogP contribution in [0.15, 0.2) is 0 Å². The number of hydrogen-bond acceptors (Lipinski definition) is 3. The van der Waals surface area contributed by atoms with Crippen LogP contribution in [0.4, 0.5) is 0 Å². The number of aliphatic carboxylic acids is 1. The van der Waals surface area contributed by atoms with Gasteiger partial charge in [-0.05, 0) is 62.2 Å². The van der Waals surface area contributed by atoms with Crippen molar-refractivity contribution >= 4 is 5.97 Å². The van der Waals surface area contributed by atoms with Crippen LogP contribution < -0.4 is 5.73 Å². The third kappa shape index (κ3) is 2.85. The Morgan fingerprint density at radius 3 is 2.52 bits per heavy atom. The summed E-state index contributed by atoms with van der Waals surface area (Å²) in [6.45, 7) is 9.46. The maximum Gasteiger partial charge on any atom is 0.323 e. The first-order chi connectivity index (χ1) is 9.61. The molecule has 122 valence electrons. The minimum absolute atomic E-state index is 0.307. The molecule has 0 amide bonds. The lowest BCUT2D eigenvalue weighted by molar-refractivity contribution is -0.143. The standard InChI is InChI=1S/C17H31NO3/c1-15(2)12-7-9-16(15,3)13(11-12)21-10-6-5-8-17(4,18)14(19)20/h12-13H,5-11,18H2,1-4H3,(H,19,20). The summed E-state index contributed by atoms with van der Waals surface area (Å²) in [5, 5.41) is 8.98. The van der Waals surface area contributed by atoms with Gasteiger partial charge in [0.2, 0.25) is 0 Å². The van der Waals surface area contributed by atoms with E-state index >= 15 is 0 Å². The first-order valence-electron chi connectivity index (χ1n) is 8.25. The van der Waals surface area contributed by atoms with Crippen LogP contribution in [0.2, 0.25) is 0 Å². The fourth-order valence-electron chi connectivity index (χ4n) is 4.31. The summed E-state index contributed by atoms with van der Waals surface area (Å²) >= 11 is 0. The van der Waals surface area contributed by atoms with E-state index in [0.29, 0.717) is 23.4 Å². The zero-order valence-electron chi connectivity index (χ0n) is 13.9. The molecule has 0 aliphatic heterocycles. The molecular formula is C17H31NO3. The van der Waals surface area contributed by atoms with Crippen molar-refractivity contribution in [3.8, 4) is 0 Å². The van der Waals surface area contributed by atoms with E-state index < -0.39 is 11.5 Å². The summed E-state index contributed by atoms with van der Waals surface area (Å²) in [7, 11) is 0. The lowest BCUT2D eigenvalue weighted by atomic mass is 9.70. The van der Waals surface area contributed by atoms with Gasteiger partial charge in [-0.25, -0.2) is 0 Å². The van der Waals surface area contributed by atoms with E-state index in [-0.39, 0.29) is 0 Å². The first-order valence-corrected chi connectivity index (χ1v) is 8.25. The van der Waals surface area contributed by atoms with E-state index in [0.717, 1.165) is 25.4 Å².